The zero-order chi connectivity index (χ0) is 13.7. The predicted molar refractivity (Wildman–Crippen MR) is 73.3 cm³/mol. The molecular formula is C12H19N5O2. The molecule has 0 saturated carbocycles. The van der Waals surface area contributed by atoms with Crippen molar-refractivity contribution in [3.8, 4) is 0 Å². The molecule has 2 rings (SSSR count). The number of nitro groups is 1. The highest BCUT2D eigenvalue weighted by Gasteiger charge is 2.15. The van der Waals surface area contributed by atoms with Crippen LogP contribution in [0.25, 0.3) is 0 Å². The number of aromatic nitrogens is 1. The van der Waals surface area contributed by atoms with Crippen molar-refractivity contribution in [1.82, 2.24) is 14.8 Å². The van der Waals surface area contributed by atoms with E-state index in [1.165, 1.54) is 6.20 Å². The number of rotatable bonds is 5. The van der Waals surface area contributed by atoms with Crippen LogP contribution in [0.4, 0.5) is 11.4 Å². The Morgan fingerprint density at radius 1 is 1.42 bits per heavy atom. The molecule has 1 aromatic rings. The second-order valence-corrected chi connectivity index (χ2v) is 4.72. The zero-order valence-corrected chi connectivity index (χ0v) is 11.1. The van der Waals surface area contributed by atoms with E-state index in [9.17, 15) is 10.1 Å². The predicted octanol–water partition coefficient (Wildman–Crippen LogP) is 0.649. The first-order chi connectivity index (χ1) is 9.16. The summed E-state index contributed by atoms with van der Waals surface area (Å²) in [6.45, 7) is 5.86. The number of nitrogens with one attached hydrogen (secondary N) is 1. The number of likely N-dealkylation sites (N-methyl/N-ethyl adjacent to an activating group) is 1. The van der Waals surface area contributed by atoms with Crippen molar-refractivity contribution in [1.29, 1.82) is 0 Å². The quantitative estimate of drug-likeness (QED) is 0.622. The van der Waals surface area contributed by atoms with Crippen LogP contribution in [0.1, 0.15) is 0 Å². The van der Waals surface area contributed by atoms with Gasteiger partial charge in [0.15, 0.2) is 0 Å². The maximum absolute atomic E-state index is 10.8. The molecule has 1 aliphatic rings. The van der Waals surface area contributed by atoms with Crippen molar-refractivity contribution in [2.75, 3.05) is 51.6 Å². The van der Waals surface area contributed by atoms with Crippen LogP contribution < -0.4 is 5.32 Å². The van der Waals surface area contributed by atoms with Gasteiger partial charge in [-0.2, -0.15) is 0 Å². The van der Waals surface area contributed by atoms with Gasteiger partial charge in [0, 0.05) is 45.5 Å². The Morgan fingerprint density at radius 3 is 2.84 bits per heavy atom. The molecule has 0 bridgehead atoms. The fourth-order valence-electron chi connectivity index (χ4n) is 2.10. The molecule has 2 heterocycles. The van der Waals surface area contributed by atoms with Crippen LogP contribution >= 0.6 is 0 Å². The average molecular weight is 265 g/mol. The minimum Gasteiger partial charge on any atom is -0.378 e. The topological polar surface area (TPSA) is 74.5 Å². The highest BCUT2D eigenvalue weighted by atomic mass is 16.6. The summed E-state index contributed by atoms with van der Waals surface area (Å²) in [5.74, 6) is 0. The third-order valence-corrected chi connectivity index (χ3v) is 3.34. The molecule has 0 spiro atoms. The molecule has 1 N–H and O–H groups in total. The molecular weight excluding hydrogens is 246 g/mol. The summed E-state index contributed by atoms with van der Waals surface area (Å²) in [4.78, 5) is 18.9. The molecule has 0 aromatic carbocycles. The molecule has 0 radical (unpaired) electrons. The number of nitrogens with zero attached hydrogens (tertiary/aromatic N) is 4. The van der Waals surface area contributed by atoms with Crippen molar-refractivity contribution < 1.29 is 4.92 Å². The minimum atomic E-state index is -0.412. The van der Waals surface area contributed by atoms with E-state index in [0.29, 0.717) is 12.2 Å². The molecule has 0 unspecified atom stereocenters. The van der Waals surface area contributed by atoms with E-state index in [0.717, 1.165) is 32.7 Å². The monoisotopic (exact) mass is 265 g/mol. The fourth-order valence-corrected chi connectivity index (χ4v) is 2.10. The van der Waals surface area contributed by atoms with Gasteiger partial charge in [0.05, 0.1) is 4.92 Å². The SMILES string of the molecule is CN1CCN(CCNc2ccncc2[N+](=O)[O-])CC1. The smallest absolute Gasteiger partial charge is 0.310 e. The summed E-state index contributed by atoms with van der Waals surface area (Å²) in [6.07, 6.45) is 2.84. The number of pyridine rings is 1. The molecule has 1 aromatic heterocycles. The van der Waals surface area contributed by atoms with Crippen LogP contribution in [0.15, 0.2) is 18.5 Å². The molecule has 1 saturated heterocycles. The molecule has 7 nitrogen and oxygen atoms in total. The van der Waals surface area contributed by atoms with Gasteiger partial charge in [-0.05, 0) is 13.1 Å². The Balaban J connectivity index is 1.81. The maximum Gasteiger partial charge on any atom is 0.310 e. The zero-order valence-electron chi connectivity index (χ0n) is 11.1. The first-order valence-corrected chi connectivity index (χ1v) is 6.40. The lowest BCUT2D eigenvalue weighted by Crippen LogP contribution is -2.45. The Bertz CT molecular complexity index is 432. The molecule has 7 heteroatoms. The van der Waals surface area contributed by atoms with Crippen molar-refractivity contribution in [3.63, 3.8) is 0 Å². The Hall–Kier alpha value is -1.73. The van der Waals surface area contributed by atoms with Gasteiger partial charge in [-0.25, -0.2) is 0 Å². The van der Waals surface area contributed by atoms with Gasteiger partial charge >= 0.3 is 5.69 Å². The van der Waals surface area contributed by atoms with Crippen LogP contribution in [0.5, 0.6) is 0 Å². The molecule has 1 fully saturated rings. The Labute approximate surface area is 112 Å². The van der Waals surface area contributed by atoms with Gasteiger partial charge in [-0.1, -0.05) is 0 Å². The molecule has 0 atom stereocenters. The third-order valence-electron chi connectivity index (χ3n) is 3.34. The van der Waals surface area contributed by atoms with E-state index >= 15 is 0 Å². The lowest BCUT2D eigenvalue weighted by Gasteiger charge is -2.32. The third kappa shape index (κ3) is 3.87. The second kappa shape index (κ2) is 6.44. The highest BCUT2D eigenvalue weighted by Crippen LogP contribution is 2.21. The van der Waals surface area contributed by atoms with Crippen LogP contribution in [0, 0.1) is 10.1 Å². The van der Waals surface area contributed by atoms with Crippen LogP contribution in [0.2, 0.25) is 0 Å². The normalized spacial score (nSPS) is 17.3. The van der Waals surface area contributed by atoms with Crippen molar-refractivity contribution in [3.05, 3.63) is 28.6 Å². The van der Waals surface area contributed by atoms with E-state index in [1.54, 1.807) is 12.3 Å². The van der Waals surface area contributed by atoms with Crippen molar-refractivity contribution >= 4 is 11.4 Å². The summed E-state index contributed by atoms with van der Waals surface area (Å²) in [5.41, 5.74) is 0.565. The molecule has 104 valence electrons. The molecule has 0 aliphatic carbocycles. The largest absolute Gasteiger partial charge is 0.378 e. The van der Waals surface area contributed by atoms with Gasteiger partial charge < -0.3 is 10.2 Å². The van der Waals surface area contributed by atoms with Crippen LogP contribution in [0.3, 0.4) is 0 Å². The number of anilines is 1. The van der Waals surface area contributed by atoms with Gasteiger partial charge in [-0.3, -0.25) is 20.0 Å². The number of piperazine rings is 1. The van der Waals surface area contributed by atoms with E-state index in [4.69, 9.17) is 0 Å². The average Bonchev–Trinajstić information content (AvgIpc) is 2.41. The first kappa shape index (κ1) is 13.7. The lowest BCUT2D eigenvalue weighted by molar-refractivity contribution is -0.384. The van der Waals surface area contributed by atoms with Crippen LogP contribution in [-0.2, 0) is 0 Å². The van der Waals surface area contributed by atoms with Crippen molar-refractivity contribution in [2.45, 2.75) is 0 Å². The second-order valence-electron chi connectivity index (χ2n) is 4.72. The maximum atomic E-state index is 10.8. The summed E-state index contributed by atoms with van der Waals surface area (Å²) in [5, 5.41) is 13.9. The standard InChI is InChI=1S/C12H19N5O2/c1-15-6-8-16(9-7-15)5-4-14-11-2-3-13-10-12(11)17(18)19/h2-3,10H,4-9H2,1H3,(H,13,14). The fraction of sp³-hybridized carbons (Fsp3) is 0.583. The molecule has 0 amide bonds. The lowest BCUT2D eigenvalue weighted by atomic mass is 10.3. The van der Waals surface area contributed by atoms with E-state index < -0.39 is 4.92 Å². The molecule has 19 heavy (non-hydrogen) atoms. The number of hydrogen-bond acceptors (Lipinski definition) is 6. The highest BCUT2D eigenvalue weighted by molar-refractivity contribution is 5.59. The molecule has 1 aliphatic heterocycles. The van der Waals surface area contributed by atoms with Crippen molar-refractivity contribution in [2.24, 2.45) is 0 Å². The minimum absolute atomic E-state index is 0.0286. The Morgan fingerprint density at radius 2 is 2.16 bits per heavy atom. The van der Waals surface area contributed by atoms with Gasteiger partial charge in [0.1, 0.15) is 11.9 Å². The van der Waals surface area contributed by atoms with E-state index in [-0.39, 0.29) is 5.69 Å². The van der Waals surface area contributed by atoms with Crippen LogP contribution in [-0.4, -0.2) is 66.0 Å². The van der Waals surface area contributed by atoms with Gasteiger partial charge in [0.2, 0.25) is 0 Å². The first-order valence-electron chi connectivity index (χ1n) is 6.40. The summed E-state index contributed by atoms with van der Waals surface area (Å²) in [6, 6.07) is 1.64. The summed E-state index contributed by atoms with van der Waals surface area (Å²) >= 11 is 0. The number of hydrogen-bond donors (Lipinski definition) is 1. The summed E-state index contributed by atoms with van der Waals surface area (Å²) in [7, 11) is 2.12. The Kier molecular flexibility index (Phi) is 4.64. The van der Waals surface area contributed by atoms with Gasteiger partial charge in [-0.15, -0.1) is 0 Å². The van der Waals surface area contributed by atoms with Gasteiger partial charge in [0.25, 0.3) is 0 Å². The summed E-state index contributed by atoms with van der Waals surface area (Å²) < 4.78 is 0. The van der Waals surface area contributed by atoms with E-state index in [2.05, 4.69) is 27.1 Å². The van der Waals surface area contributed by atoms with E-state index in [1.807, 2.05) is 0 Å².